The Morgan fingerprint density at radius 2 is 0.350 bits per heavy atom. The van der Waals surface area contributed by atoms with Crippen molar-refractivity contribution < 1.29 is 168 Å². The zero-order valence-electron chi connectivity index (χ0n) is 8.50. The molecule has 0 unspecified atom stereocenters. The van der Waals surface area contributed by atoms with Crippen LogP contribution < -0.4 is 24.9 Å². The van der Waals surface area contributed by atoms with Crippen molar-refractivity contribution in [3.63, 3.8) is 0 Å². The molecule has 0 saturated carbocycles. The van der Waals surface area contributed by atoms with Gasteiger partial charge in [-0.2, -0.15) is 0 Å². The average Bonchev–Trinajstić information content (AvgIpc) is 1.29. The van der Waals surface area contributed by atoms with Gasteiger partial charge in [-0.3, -0.25) is 0 Å². The van der Waals surface area contributed by atoms with Gasteiger partial charge in [0.05, 0.1) is 0 Å². The van der Waals surface area contributed by atoms with Crippen molar-refractivity contribution in [2.24, 2.45) is 0 Å². The molecule has 0 amide bonds. The third-order valence-electron chi connectivity index (χ3n) is 0. The SMILES string of the molecule is [La+3].[La+3].[O]=[Cr](=[O])(=[O])([O-])[O-].[O]=[Cr](=[O])(=[O])([O-])[O-].[O]=[Cr](=[O])(=[O])([O-])[O-]. The molecule has 0 aliphatic rings. The van der Waals surface area contributed by atoms with Crippen LogP contribution in [-0.2, 0) is 71.7 Å². The summed E-state index contributed by atoms with van der Waals surface area (Å²) >= 11 is -22.9. The fourth-order valence-electron chi connectivity index (χ4n) is 0. The van der Waals surface area contributed by atoms with Crippen LogP contribution in [0, 0.1) is 71.2 Å². The summed E-state index contributed by atoms with van der Waals surface area (Å²) in [6, 6.07) is 0. The summed E-state index contributed by atoms with van der Waals surface area (Å²) in [6.45, 7) is 0. The van der Waals surface area contributed by atoms with E-state index >= 15 is 0 Å². The van der Waals surface area contributed by atoms with E-state index in [1.54, 1.807) is 0 Å². The van der Waals surface area contributed by atoms with Crippen LogP contribution >= 0.6 is 0 Å². The topological polar surface area (TPSA) is 292 Å². The summed E-state index contributed by atoms with van der Waals surface area (Å²) in [5.74, 6) is 0. The van der Waals surface area contributed by atoms with Crippen molar-refractivity contribution >= 4 is 0 Å². The summed E-state index contributed by atoms with van der Waals surface area (Å²) < 4.78 is 129. The molecule has 0 fully saturated rings. The predicted octanol–water partition coefficient (Wildman–Crippen LogP) is -8.21. The van der Waals surface area contributed by atoms with E-state index in [4.69, 9.17) is 59.2 Å². The van der Waals surface area contributed by atoms with Crippen LogP contribution in [0.4, 0.5) is 0 Å². The molecule has 114 valence electrons. The summed E-state index contributed by atoms with van der Waals surface area (Å²) in [5, 5.41) is 0. The normalized spacial score (nSPS) is 13.1. The third kappa shape index (κ3) is 1890. The third-order valence-corrected chi connectivity index (χ3v) is 0. The van der Waals surface area contributed by atoms with E-state index in [-0.39, 0.29) is 71.2 Å². The van der Waals surface area contributed by atoms with Crippen molar-refractivity contribution in [2.45, 2.75) is 0 Å². The first-order chi connectivity index (χ1) is 6.71. The number of hydrogen-bond donors (Lipinski definition) is 0. The van der Waals surface area contributed by atoms with Gasteiger partial charge in [-0.15, -0.1) is 0 Å². The van der Waals surface area contributed by atoms with Gasteiger partial charge in [0, 0.05) is 0 Å². The molecule has 0 aromatic rings. The molecule has 0 radical (unpaired) electrons. The van der Waals surface area contributed by atoms with Crippen molar-refractivity contribution in [3.8, 4) is 0 Å². The molecule has 0 N–H and O–H groups in total. The van der Waals surface area contributed by atoms with E-state index in [1.165, 1.54) is 0 Å². The van der Waals surface area contributed by atoms with Crippen LogP contribution in [0.3, 0.4) is 0 Å². The minimum absolute atomic E-state index is 0. The molecule has 0 rings (SSSR count). The van der Waals surface area contributed by atoms with Crippen molar-refractivity contribution in [3.05, 3.63) is 0 Å². The van der Waals surface area contributed by atoms with Crippen LogP contribution in [0.15, 0.2) is 0 Å². The van der Waals surface area contributed by atoms with E-state index in [1.807, 2.05) is 0 Å². The molecule has 0 atom stereocenters. The van der Waals surface area contributed by atoms with Crippen LogP contribution in [0.5, 0.6) is 0 Å². The minimum atomic E-state index is -7.62. The monoisotopic (exact) mass is 674 g/mol. The van der Waals surface area contributed by atoms with Gasteiger partial charge < -0.3 is 0 Å². The molecule has 20 heteroatoms. The maximum atomic E-state index is 8.62. The molecule has 15 nitrogen and oxygen atoms in total. The van der Waals surface area contributed by atoms with Crippen LogP contribution in [0.2, 0.25) is 0 Å². The predicted molar refractivity (Wildman–Crippen MR) is 6.18 cm³/mol. The summed E-state index contributed by atoms with van der Waals surface area (Å²) in [4.78, 5) is 0. The summed E-state index contributed by atoms with van der Waals surface area (Å²) in [7, 11) is 0. The van der Waals surface area contributed by atoms with Gasteiger partial charge in [0.2, 0.25) is 0 Å². The molecule has 0 aliphatic heterocycles. The van der Waals surface area contributed by atoms with Crippen LogP contribution in [-0.4, -0.2) is 0 Å². The quantitative estimate of drug-likeness (QED) is 0.231. The van der Waals surface area contributed by atoms with Gasteiger partial charge in [0.15, 0.2) is 0 Å². The van der Waals surface area contributed by atoms with Crippen molar-refractivity contribution in [1.29, 1.82) is 0 Å². The molecular weight excluding hydrogens is 674 g/mol. The van der Waals surface area contributed by atoms with E-state index < -0.39 is 37.4 Å². The molecule has 0 aliphatic carbocycles. The van der Waals surface area contributed by atoms with Gasteiger partial charge in [-0.1, -0.05) is 0 Å². The van der Waals surface area contributed by atoms with Crippen molar-refractivity contribution in [2.75, 3.05) is 0 Å². The Labute approximate surface area is 165 Å². The number of hydrogen-bond acceptors (Lipinski definition) is 15. The first-order valence-corrected chi connectivity index (χ1v) is 10.3. The van der Waals surface area contributed by atoms with E-state index in [9.17, 15) is 0 Å². The Hall–Kier alpha value is 1.95. The van der Waals surface area contributed by atoms with Gasteiger partial charge in [-0.25, -0.2) is 0 Å². The van der Waals surface area contributed by atoms with Gasteiger partial charge in [-0.05, 0) is 0 Å². The van der Waals surface area contributed by atoms with Crippen LogP contribution in [0.1, 0.15) is 0 Å². The molecular formula is Cr3La2O15. The van der Waals surface area contributed by atoms with E-state index in [0.29, 0.717) is 0 Å². The Bertz CT molecular complexity index is 689. The first kappa shape index (κ1) is 33.5. The molecule has 0 heterocycles. The summed E-state index contributed by atoms with van der Waals surface area (Å²) in [5.41, 5.74) is 0. The summed E-state index contributed by atoms with van der Waals surface area (Å²) in [6.07, 6.45) is 0. The van der Waals surface area contributed by atoms with Crippen LogP contribution in [0.25, 0.3) is 0 Å². The second kappa shape index (κ2) is 8.17. The first-order valence-electron chi connectivity index (χ1n) is 2.50. The van der Waals surface area contributed by atoms with Gasteiger partial charge in [0.1, 0.15) is 0 Å². The molecule has 0 aromatic carbocycles. The molecule has 20 heavy (non-hydrogen) atoms. The fraction of sp³-hybridized carbons (Fsp3) is 0. The zero-order valence-corrected chi connectivity index (χ0v) is 19.6. The second-order valence-electron chi connectivity index (χ2n) is 2.04. The number of rotatable bonds is 0. The Kier molecular flexibility index (Phi) is 13.7. The maximum absolute atomic E-state index is 8.62. The molecule has 0 bridgehead atoms. The van der Waals surface area contributed by atoms with Gasteiger partial charge >= 0.3 is 168 Å². The van der Waals surface area contributed by atoms with E-state index in [0.717, 1.165) is 0 Å². The molecule has 0 spiro atoms. The second-order valence-corrected chi connectivity index (χ2v) is 8.42. The van der Waals surface area contributed by atoms with Gasteiger partial charge in [0.25, 0.3) is 0 Å². The Balaban J connectivity index is -0.0000000536. The fourth-order valence-corrected chi connectivity index (χ4v) is 0. The molecule has 0 saturated heterocycles. The standard InChI is InChI=1S/3Cr.2La.15O/q;;;2*+3;;;;;;;;;;6*-1. The average molecular weight is 674 g/mol. The Morgan fingerprint density at radius 1 is 0.350 bits per heavy atom. The molecule has 0 aromatic heterocycles. The zero-order chi connectivity index (χ0) is 16.3. The Morgan fingerprint density at radius 3 is 0.350 bits per heavy atom. The van der Waals surface area contributed by atoms with Crippen molar-refractivity contribution in [1.82, 2.24) is 0 Å². The van der Waals surface area contributed by atoms with E-state index in [2.05, 4.69) is 0 Å².